The molecule has 0 aliphatic carbocycles. The number of hydrogen-bond donors (Lipinski definition) is 2. The maximum atomic E-state index is 12.9. The molecule has 1 aromatic heterocycles. The highest BCUT2D eigenvalue weighted by Gasteiger charge is 2.20. The number of anilines is 2. The van der Waals surface area contributed by atoms with Gasteiger partial charge >= 0.3 is 0 Å². The number of methoxy groups -OCH3 is 1. The van der Waals surface area contributed by atoms with Crippen LogP contribution in [0.4, 0.5) is 10.8 Å². The van der Waals surface area contributed by atoms with Crippen LogP contribution in [-0.4, -0.2) is 29.2 Å². The minimum atomic E-state index is -0.274. The number of carbonyl (C=O) groups excluding carboxylic acids is 2. The van der Waals surface area contributed by atoms with Crippen LogP contribution in [0.3, 0.4) is 0 Å². The van der Waals surface area contributed by atoms with Crippen LogP contribution in [0, 0.1) is 0 Å². The predicted molar refractivity (Wildman–Crippen MR) is 137 cm³/mol. The summed E-state index contributed by atoms with van der Waals surface area (Å²) in [5.74, 6) is 0.714. The molecule has 6 nitrogen and oxygen atoms in total. The number of thiazole rings is 1. The molecule has 0 fully saturated rings. The van der Waals surface area contributed by atoms with E-state index < -0.39 is 0 Å². The molecule has 1 unspecified atom stereocenters. The van der Waals surface area contributed by atoms with Gasteiger partial charge in [0.05, 0.1) is 18.1 Å². The number of nitrogens with one attached hydrogen (secondary N) is 2. The second kappa shape index (κ2) is 12.4. The molecule has 1 atom stereocenters. The van der Waals surface area contributed by atoms with Crippen molar-refractivity contribution in [2.45, 2.75) is 49.7 Å². The lowest BCUT2D eigenvalue weighted by molar-refractivity contribution is -0.116. The molecule has 3 aromatic rings. The first-order chi connectivity index (χ1) is 16.0. The van der Waals surface area contributed by atoms with Crippen LogP contribution in [0.5, 0.6) is 5.75 Å². The Morgan fingerprint density at radius 3 is 2.61 bits per heavy atom. The molecular weight excluding hydrogens is 454 g/mol. The highest BCUT2D eigenvalue weighted by atomic mass is 32.2. The van der Waals surface area contributed by atoms with Crippen molar-refractivity contribution in [1.29, 1.82) is 0 Å². The number of thioether (sulfide) groups is 1. The Hall–Kier alpha value is -2.84. The third-order valence-electron chi connectivity index (χ3n) is 4.94. The standard InChI is InChI=1S/C25H29N3O3S2/c1-4-6-10-23(29)26-18-8-7-9-20(15-18)33-22(5-2)24(30)28-25-27-21(16-32-25)17-11-13-19(31-3)14-12-17/h7-9,11-16,22H,4-6,10H2,1-3H3,(H,26,29)(H,27,28,30). The molecule has 8 heteroatoms. The van der Waals surface area contributed by atoms with Gasteiger partial charge in [0.25, 0.3) is 0 Å². The number of rotatable bonds is 11. The van der Waals surface area contributed by atoms with Crippen LogP contribution in [0.25, 0.3) is 11.3 Å². The monoisotopic (exact) mass is 483 g/mol. The second-order valence-corrected chi connectivity index (χ2v) is 9.58. The average Bonchev–Trinajstić information content (AvgIpc) is 3.29. The summed E-state index contributed by atoms with van der Waals surface area (Å²) in [7, 11) is 1.63. The van der Waals surface area contributed by atoms with Gasteiger partial charge in [-0.05, 0) is 55.3 Å². The van der Waals surface area contributed by atoms with E-state index in [4.69, 9.17) is 4.74 Å². The molecule has 2 amide bonds. The molecule has 2 aromatic carbocycles. The molecule has 0 aliphatic rings. The lowest BCUT2D eigenvalue weighted by atomic mass is 10.2. The van der Waals surface area contributed by atoms with E-state index in [2.05, 4.69) is 22.5 Å². The second-order valence-electron chi connectivity index (χ2n) is 7.45. The number of ether oxygens (including phenoxy) is 1. The molecule has 3 rings (SSSR count). The largest absolute Gasteiger partial charge is 0.497 e. The van der Waals surface area contributed by atoms with Crippen LogP contribution < -0.4 is 15.4 Å². The number of unbranched alkanes of at least 4 members (excludes halogenated alkanes) is 1. The summed E-state index contributed by atoms with van der Waals surface area (Å²) in [6, 6.07) is 15.3. The highest BCUT2D eigenvalue weighted by molar-refractivity contribution is 8.00. The zero-order valence-electron chi connectivity index (χ0n) is 19.1. The normalized spacial score (nSPS) is 11.6. The van der Waals surface area contributed by atoms with Gasteiger partial charge in [-0.1, -0.05) is 26.3 Å². The minimum Gasteiger partial charge on any atom is -0.497 e. The Morgan fingerprint density at radius 2 is 1.91 bits per heavy atom. The molecule has 0 radical (unpaired) electrons. The van der Waals surface area contributed by atoms with Gasteiger partial charge in [-0.2, -0.15) is 0 Å². The maximum Gasteiger partial charge on any atom is 0.239 e. The molecule has 0 spiro atoms. The van der Waals surface area contributed by atoms with Gasteiger partial charge in [0.15, 0.2) is 5.13 Å². The van der Waals surface area contributed by atoms with Crippen molar-refractivity contribution in [3.8, 4) is 17.0 Å². The molecule has 2 N–H and O–H groups in total. The zero-order valence-corrected chi connectivity index (χ0v) is 20.7. The van der Waals surface area contributed by atoms with Crippen LogP contribution >= 0.6 is 23.1 Å². The van der Waals surface area contributed by atoms with Crippen molar-refractivity contribution in [3.63, 3.8) is 0 Å². The Morgan fingerprint density at radius 1 is 1.12 bits per heavy atom. The Kier molecular flexibility index (Phi) is 9.33. The number of carbonyl (C=O) groups is 2. The molecule has 0 saturated carbocycles. The first kappa shape index (κ1) is 24.8. The van der Waals surface area contributed by atoms with Gasteiger partial charge < -0.3 is 15.4 Å². The number of amides is 2. The van der Waals surface area contributed by atoms with Crippen molar-refractivity contribution < 1.29 is 14.3 Å². The van der Waals surface area contributed by atoms with E-state index >= 15 is 0 Å². The van der Waals surface area contributed by atoms with Gasteiger partial charge in [-0.15, -0.1) is 23.1 Å². The Labute approximate surface area is 203 Å². The van der Waals surface area contributed by atoms with Crippen LogP contribution in [0.15, 0.2) is 58.8 Å². The van der Waals surface area contributed by atoms with E-state index in [0.717, 1.165) is 40.4 Å². The highest BCUT2D eigenvalue weighted by Crippen LogP contribution is 2.30. The quantitative estimate of drug-likeness (QED) is 0.306. The van der Waals surface area contributed by atoms with Gasteiger partial charge in [0.2, 0.25) is 11.8 Å². The summed E-state index contributed by atoms with van der Waals surface area (Å²) in [4.78, 5) is 30.4. The number of nitrogens with zero attached hydrogens (tertiary/aromatic N) is 1. The zero-order chi connectivity index (χ0) is 23.6. The van der Waals surface area contributed by atoms with E-state index in [-0.39, 0.29) is 17.1 Å². The summed E-state index contributed by atoms with van der Waals surface area (Å²) < 4.78 is 5.19. The third-order valence-corrected chi connectivity index (χ3v) is 7.05. The van der Waals surface area contributed by atoms with Gasteiger partial charge in [0, 0.05) is 27.9 Å². The first-order valence-electron chi connectivity index (χ1n) is 11.0. The molecule has 33 heavy (non-hydrogen) atoms. The van der Waals surface area contributed by atoms with E-state index in [0.29, 0.717) is 18.0 Å². The minimum absolute atomic E-state index is 0.0141. The van der Waals surface area contributed by atoms with Crippen molar-refractivity contribution in [2.24, 2.45) is 0 Å². The lowest BCUT2D eigenvalue weighted by Gasteiger charge is -2.14. The summed E-state index contributed by atoms with van der Waals surface area (Å²) in [5.41, 5.74) is 2.53. The van der Waals surface area contributed by atoms with E-state index in [1.807, 2.05) is 60.8 Å². The van der Waals surface area contributed by atoms with Gasteiger partial charge in [-0.3, -0.25) is 9.59 Å². The average molecular weight is 484 g/mol. The first-order valence-corrected chi connectivity index (χ1v) is 12.8. The van der Waals surface area contributed by atoms with Crippen LogP contribution in [-0.2, 0) is 9.59 Å². The van der Waals surface area contributed by atoms with Crippen molar-refractivity contribution in [1.82, 2.24) is 4.98 Å². The Balaban J connectivity index is 1.61. The van der Waals surface area contributed by atoms with E-state index in [9.17, 15) is 9.59 Å². The van der Waals surface area contributed by atoms with Gasteiger partial charge in [0.1, 0.15) is 5.75 Å². The molecule has 1 heterocycles. The molecule has 0 aliphatic heterocycles. The summed E-state index contributed by atoms with van der Waals surface area (Å²) >= 11 is 2.88. The molecular formula is C25H29N3O3S2. The number of benzene rings is 2. The predicted octanol–water partition coefficient (Wildman–Crippen LogP) is 6.46. The fraction of sp³-hybridized carbons (Fsp3) is 0.320. The van der Waals surface area contributed by atoms with Crippen molar-refractivity contribution in [2.75, 3.05) is 17.7 Å². The van der Waals surface area contributed by atoms with E-state index in [1.54, 1.807) is 7.11 Å². The van der Waals surface area contributed by atoms with Crippen LogP contribution in [0.1, 0.15) is 39.5 Å². The topological polar surface area (TPSA) is 80.3 Å². The number of hydrogen-bond acceptors (Lipinski definition) is 6. The lowest BCUT2D eigenvalue weighted by Crippen LogP contribution is -2.24. The fourth-order valence-corrected chi connectivity index (χ4v) is 4.84. The Bertz CT molecular complexity index is 1070. The van der Waals surface area contributed by atoms with Crippen molar-refractivity contribution in [3.05, 3.63) is 53.9 Å². The SMILES string of the molecule is CCCCC(=O)Nc1cccc(SC(CC)C(=O)Nc2nc(-c3ccc(OC)cc3)cs2)c1. The smallest absolute Gasteiger partial charge is 0.239 e. The molecule has 0 saturated heterocycles. The maximum absolute atomic E-state index is 12.9. The van der Waals surface area contributed by atoms with Crippen molar-refractivity contribution >= 4 is 45.7 Å². The molecule has 174 valence electrons. The number of aromatic nitrogens is 1. The van der Waals surface area contributed by atoms with Gasteiger partial charge in [-0.25, -0.2) is 4.98 Å². The summed E-state index contributed by atoms with van der Waals surface area (Å²) in [5, 5.41) is 8.11. The van der Waals surface area contributed by atoms with Crippen LogP contribution in [0.2, 0.25) is 0 Å². The van der Waals surface area contributed by atoms with E-state index in [1.165, 1.54) is 23.1 Å². The fourth-order valence-electron chi connectivity index (χ4n) is 3.11. The summed E-state index contributed by atoms with van der Waals surface area (Å²) in [6.07, 6.45) is 3.03. The third kappa shape index (κ3) is 7.33. The summed E-state index contributed by atoms with van der Waals surface area (Å²) in [6.45, 7) is 4.05. The molecule has 0 bridgehead atoms.